The van der Waals surface area contributed by atoms with Crippen LogP contribution in [0.4, 0.5) is 5.69 Å². The van der Waals surface area contributed by atoms with Crippen LogP contribution >= 0.6 is 12.2 Å². The van der Waals surface area contributed by atoms with E-state index in [4.69, 9.17) is 17.0 Å². The number of thiocarbonyl (C=S) groups is 1. The van der Waals surface area contributed by atoms with Gasteiger partial charge in [-0.15, -0.1) is 0 Å². The van der Waals surface area contributed by atoms with Crippen LogP contribution in [-0.4, -0.2) is 93.6 Å². The van der Waals surface area contributed by atoms with Gasteiger partial charge in [0.15, 0.2) is 5.11 Å². The van der Waals surface area contributed by atoms with Crippen molar-refractivity contribution in [3.8, 4) is 0 Å². The quantitative estimate of drug-likeness (QED) is 0.607. The van der Waals surface area contributed by atoms with Crippen LogP contribution in [0.15, 0.2) is 30.3 Å². The summed E-state index contributed by atoms with van der Waals surface area (Å²) in [6.07, 6.45) is 2.63. The molecule has 4 aliphatic rings. The smallest absolute Gasteiger partial charge is 0.166 e. The highest BCUT2D eigenvalue weighted by atomic mass is 32.1. The molecule has 0 radical (unpaired) electrons. The fourth-order valence-corrected chi connectivity index (χ4v) is 5.42. The van der Waals surface area contributed by atoms with Crippen molar-refractivity contribution in [1.82, 2.24) is 20.4 Å². The van der Waals surface area contributed by atoms with Gasteiger partial charge in [0.25, 0.3) is 0 Å². The van der Waals surface area contributed by atoms with Crippen LogP contribution in [0.25, 0.3) is 0 Å². The summed E-state index contributed by atoms with van der Waals surface area (Å²) in [7, 11) is 2.23. The minimum absolute atomic E-state index is 0.612. The van der Waals surface area contributed by atoms with Crippen LogP contribution in [-0.2, 0) is 4.74 Å². The van der Waals surface area contributed by atoms with Gasteiger partial charge in [-0.1, -0.05) is 18.2 Å². The zero-order valence-electron chi connectivity index (χ0n) is 18.3. The summed E-state index contributed by atoms with van der Waals surface area (Å²) < 4.78 is 5.40. The molecule has 0 spiro atoms. The summed E-state index contributed by atoms with van der Waals surface area (Å²) in [4.78, 5) is 7.54. The molecule has 30 heavy (non-hydrogen) atoms. The Balaban J connectivity index is 1.16. The average Bonchev–Trinajstić information content (AvgIpc) is 2.79. The molecule has 1 aromatic rings. The lowest BCUT2D eigenvalue weighted by atomic mass is 9.75. The first kappa shape index (κ1) is 21.8. The minimum atomic E-state index is 0.612. The maximum absolute atomic E-state index is 5.52. The molecule has 0 amide bonds. The number of nitrogens with zero attached hydrogens (tertiary/aromatic N) is 3. The van der Waals surface area contributed by atoms with Crippen LogP contribution in [0.1, 0.15) is 12.8 Å². The number of ether oxygens (including phenoxy) is 1. The lowest BCUT2D eigenvalue weighted by Crippen LogP contribution is -2.58. The van der Waals surface area contributed by atoms with E-state index in [2.05, 4.69) is 62.7 Å². The minimum Gasteiger partial charge on any atom is -0.379 e. The van der Waals surface area contributed by atoms with Gasteiger partial charge in [0.1, 0.15) is 0 Å². The van der Waals surface area contributed by atoms with Gasteiger partial charge < -0.3 is 20.3 Å². The third kappa shape index (κ3) is 5.84. The van der Waals surface area contributed by atoms with Crippen LogP contribution in [0.3, 0.4) is 0 Å². The highest BCUT2D eigenvalue weighted by molar-refractivity contribution is 7.80. The number of benzene rings is 1. The van der Waals surface area contributed by atoms with Crippen molar-refractivity contribution in [1.29, 1.82) is 0 Å². The maximum Gasteiger partial charge on any atom is 0.166 e. The van der Waals surface area contributed by atoms with Gasteiger partial charge in [0, 0.05) is 64.6 Å². The van der Waals surface area contributed by atoms with Gasteiger partial charge in [0.05, 0.1) is 13.2 Å². The van der Waals surface area contributed by atoms with E-state index >= 15 is 0 Å². The second-order valence-corrected chi connectivity index (χ2v) is 9.41. The lowest BCUT2D eigenvalue weighted by Gasteiger charge is -2.51. The van der Waals surface area contributed by atoms with Crippen molar-refractivity contribution < 1.29 is 4.74 Å². The normalized spacial score (nSPS) is 28.8. The number of hydrogen-bond acceptors (Lipinski definition) is 5. The molecule has 6 nitrogen and oxygen atoms in total. The SMILES string of the molecule is CN(C[C@@H]1CN2CC[C@H]1C[C@@H]2CNC(=S)NCCN1CCOCC1)c1ccccc1. The highest BCUT2D eigenvalue weighted by Crippen LogP contribution is 2.36. The van der Waals surface area contributed by atoms with Crippen LogP contribution < -0.4 is 15.5 Å². The second-order valence-electron chi connectivity index (χ2n) is 9.00. The van der Waals surface area contributed by atoms with Crippen LogP contribution in [0.5, 0.6) is 0 Å². The summed E-state index contributed by atoms with van der Waals surface area (Å²) in [5, 5.41) is 7.66. The predicted molar refractivity (Wildman–Crippen MR) is 127 cm³/mol. The highest BCUT2D eigenvalue weighted by Gasteiger charge is 2.40. The number of piperidine rings is 3. The standard InChI is InChI=1S/C23H37N5OS/c1-26(21-5-3-2-4-6-21)17-20-18-28-9-7-19(20)15-22(28)16-25-23(30)24-8-10-27-11-13-29-14-12-27/h2-6,19-20,22H,7-18H2,1H3,(H2,24,25,30)/t19-,20+,22+/m0/s1. The van der Waals surface area contributed by atoms with E-state index < -0.39 is 0 Å². The van der Waals surface area contributed by atoms with Crippen molar-refractivity contribution in [2.45, 2.75) is 18.9 Å². The summed E-state index contributed by atoms with van der Waals surface area (Å²) in [5.41, 5.74) is 1.32. The largest absolute Gasteiger partial charge is 0.379 e. The molecule has 1 aromatic carbocycles. The number of rotatable bonds is 8. The Hall–Kier alpha value is -1.41. The fraction of sp³-hybridized carbons (Fsp3) is 0.696. The van der Waals surface area contributed by atoms with Gasteiger partial charge in [-0.05, 0) is 55.6 Å². The first-order chi connectivity index (χ1) is 14.7. The third-order valence-electron chi connectivity index (χ3n) is 7.03. The monoisotopic (exact) mass is 431 g/mol. The molecule has 2 bridgehead atoms. The molecule has 166 valence electrons. The van der Waals surface area contributed by atoms with Crippen LogP contribution in [0.2, 0.25) is 0 Å². The average molecular weight is 432 g/mol. The number of fused-ring (bicyclic) bond motifs is 3. The molecular formula is C23H37N5OS. The molecule has 0 aromatic heterocycles. The van der Waals surface area contributed by atoms with E-state index in [1.807, 2.05) is 0 Å². The fourth-order valence-electron chi connectivity index (χ4n) is 5.23. The molecule has 4 aliphatic heterocycles. The number of morpholine rings is 1. The Kier molecular flexibility index (Phi) is 7.82. The molecule has 1 unspecified atom stereocenters. The van der Waals surface area contributed by atoms with Crippen molar-refractivity contribution >= 4 is 23.0 Å². The number of para-hydroxylation sites is 1. The number of anilines is 1. The van der Waals surface area contributed by atoms with E-state index in [9.17, 15) is 0 Å². The Bertz CT molecular complexity index is 669. The third-order valence-corrected chi connectivity index (χ3v) is 7.32. The molecule has 5 rings (SSSR count). The topological polar surface area (TPSA) is 43.0 Å². The Morgan fingerprint density at radius 1 is 1.17 bits per heavy atom. The van der Waals surface area contributed by atoms with Gasteiger partial charge in [-0.2, -0.15) is 0 Å². The zero-order valence-corrected chi connectivity index (χ0v) is 19.1. The summed E-state index contributed by atoms with van der Waals surface area (Å²) in [6.45, 7) is 10.2. The molecule has 4 heterocycles. The van der Waals surface area contributed by atoms with Gasteiger partial charge in [-0.25, -0.2) is 0 Å². The Morgan fingerprint density at radius 3 is 2.70 bits per heavy atom. The van der Waals surface area contributed by atoms with Gasteiger partial charge in [-0.3, -0.25) is 9.80 Å². The zero-order chi connectivity index (χ0) is 20.8. The van der Waals surface area contributed by atoms with Gasteiger partial charge >= 0.3 is 0 Å². The predicted octanol–water partition coefficient (Wildman–Crippen LogP) is 1.63. The van der Waals surface area contributed by atoms with E-state index in [1.54, 1.807) is 0 Å². The molecular weight excluding hydrogens is 394 g/mol. The molecule has 4 saturated heterocycles. The van der Waals surface area contributed by atoms with Gasteiger partial charge in [0.2, 0.25) is 0 Å². The van der Waals surface area contributed by atoms with E-state index in [0.717, 1.165) is 69.4 Å². The molecule has 4 atom stereocenters. The summed E-state index contributed by atoms with van der Waals surface area (Å²) >= 11 is 5.52. The first-order valence-corrected chi connectivity index (χ1v) is 11.9. The summed E-state index contributed by atoms with van der Waals surface area (Å²) in [6, 6.07) is 11.4. The lowest BCUT2D eigenvalue weighted by molar-refractivity contribution is 0.00659. The molecule has 0 aliphatic carbocycles. The summed E-state index contributed by atoms with van der Waals surface area (Å²) in [5.74, 6) is 1.59. The number of hydrogen-bond donors (Lipinski definition) is 2. The molecule has 0 saturated carbocycles. The molecule has 4 fully saturated rings. The van der Waals surface area contributed by atoms with Crippen molar-refractivity contribution in [3.63, 3.8) is 0 Å². The van der Waals surface area contributed by atoms with E-state index in [-0.39, 0.29) is 0 Å². The number of nitrogens with one attached hydrogen (secondary N) is 2. The first-order valence-electron chi connectivity index (χ1n) is 11.5. The maximum atomic E-state index is 5.52. The molecule has 2 N–H and O–H groups in total. The Labute approximate surface area is 186 Å². The van der Waals surface area contributed by atoms with Crippen molar-refractivity contribution in [3.05, 3.63) is 30.3 Å². The van der Waals surface area contributed by atoms with Crippen LogP contribution in [0, 0.1) is 11.8 Å². The van der Waals surface area contributed by atoms with E-state index in [1.165, 1.54) is 31.6 Å². The Morgan fingerprint density at radius 2 is 1.97 bits per heavy atom. The molecule has 7 heteroatoms. The second kappa shape index (κ2) is 10.8. The van der Waals surface area contributed by atoms with Crippen molar-refractivity contribution in [2.24, 2.45) is 11.8 Å². The van der Waals surface area contributed by atoms with E-state index in [0.29, 0.717) is 6.04 Å². The van der Waals surface area contributed by atoms with Crippen molar-refractivity contribution in [2.75, 3.05) is 77.5 Å².